The Bertz CT molecular complexity index is 581. The van der Waals surface area contributed by atoms with E-state index in [1.54, 1.807) is 18.0 Å². The molecule has 0 aliphatic carbocycles. The second kappa shape index (κ2) is 7.13. The molecule has 0 saturated carbocycles. The van der Waals surface area contributed by atoms with E-state index in [1.165, 1.54) is 0 Å². The van der Waals surface area contributed by atoms with Gasteiger partial charge in [0, 0.05) is 6.54 Å². The summed E-state index contributed by atoms with van der Waals surface area (Å²) in [5.41, 5.74) is 1.44. The zero-order valence-electron chi connectivity index (χ0n) is 12.7. The van der Waals surface area contributed by atoms with Crippen molar-refractivity contribution in [2.45, 2.75) is 32.9 Å². The first kappa shape index (κ1) is 15.4. The Labute approximate surface area is 125 Å². The normalized spacial score (nSPS) is 12.2. The molecule has 1 aromatic heterocycles. The fourth-order valence-electron chi connectivity index (χ4n) is 2.30. The van der Waals surface area contributed by atoms with E-state index in [0.29, 0.717) is 18.1 Å². The highest BCUT2D eigenvalue weighted by molar-refractivity contribution is 5.38. The topological polar surface area (TPSA) is 56.5 Å². The molecule has 1 atom stereocenters. The van der Waals surface area contributed by atoms with Gasteiger partial charge in [-0.25, -0.2) is 0 Å². The van der Waals surface area contributed by atoms with Gasteiger partial charge >= 0.3 is 0 Å². The van der Waals surface area contributed by atoms with Gasteiger partial charge in [0.1, 0.15) is 17.5 Å². The van der Waals surface area contributed by atoms with Crippen molar-refractivity contribution in [2.24, 2.45) is 0 Å². The molecule has 21 heavy (non-hydrogen) atoms. The number of rotatable bonds is 7. The molecule has 2 rings (SSSR count). The molecule has 0 saturated heterocycles. The largest absolute Gasteiger partial charge is 0.494 e. The summed E-state index contributed by atoms with van der Waals surface area (Å²) < 4.78 is 12.6. The average Bonchev–Trinajstić information content (AvgIpc) is 2.90. The summed E-state index contributed by atoms with van der Waals surface area (Å²) in [6, 6.07) is 7.46. The summed E-state index contributed by atoms with van der Waals surface area (Å²) in [7, 11) is 1.58. The molecule has 2 aromatic rings. The van der Waals surface area contributed by atoms with Crippen LogP contribution in [0.2, 0.25) is 0 Å². The molecule has 0 bridgehead atoms. The molecule has 5 nitrogen and oxygen atoms in total. The fraction of sp³-hybridized carbons (Fsp3) is 0.438. The first-order valence-electron chi connectivity index (χ1n) is 7.21. The van der Waals surface area contributed by atoms with E-state index in [9.17, 15) is 5.11 Å². The number of nitrogens with zero attached hydrogens (tertiary/aromatic N) is 2. The zero-order chi connectivity index (χ0) is 15.2. The highest BCUT2D eigenvalue weighted by Gasteiger charge is 2.21. The Morgan fingerprint density at radius 3 is 2.81 bits per heavy atom. The molecular weight excluding hydrogens is 268 g/mol. The number of aryl methyl sites for hydroxylation is 1. The van der Waals surface area contributed by atoms with Crippen molar-refractivity contribution in [3.8, 4) is 11.5 Å². The summed E-state index contributed by atoms with van der Waals surface area (Å²) in [6.45, 7) is 5.33. The minimum absolute atomic E-state index is 0.594. The maximum Gasteiger partial charge on any atom is 0.163 e. The average molecular weight is 290 g/mol. The lowest BCUT2D eigenvalue weighted by atomic mass is 10.1. The van der Waals surface area contributed by atoms with Gasteiger partial charge in [-0.15, -0.1) is 0 Å². The van der Waals surface area contributed by atoms with E-state index >= 15 is 0 Å². The Morgan fingerprint density at radius 2 is 2.14 bits per heavy atom. The Morgan fingerprint density at radius 1 is 1.33 bits per heavy atom. The van der Waals surface area contributed by atoms with E-state index < -0.39 is 6.10 Å². The molecule has 0 amide bonds. The van der Waals surface area contributed by atoms with E-state index in [0.717, 1.165) is 24.3 Å². The van der Waals surface area contributed by atoms with Crippen LogP contribution in [0.5, 0.6) is 11.5 Å². The highest BCUT2D eigenvalue weighted by atomic mass is 16.5. The van der Waals surface area contributed by atoms with Gasteiger partial charge in [-0.3, -0.25) is 4.68 Å². The molecule has 114 valence electrons. The quantitative estimate of drug-likeness (QED) is 0.852. The number of benzene rings is 1. The van der Waals surface area contributed by atoms with Crippen LogP contribution in [-0.4, -0.2) is 28.6 Å². The Balaban J connectivity index is 2.36. The maximum atomic E-state index is 10.7. The zero-order valence-corrected chi connectivity index (χ0v) is 12.7. The molecule has 1 aromatic carbocycles. The molecule has 1 heterocycles. The van der Waals surface area contributed by atoms with E-state index in [1.807, 2.05) is 31.2 Å². The monoisotopic (exact) mass is 290 g/mol. The molecule has 0 radical (unpaired) electrons. The van der Waals surface area contributed by atoms with Gasteiger partial charge in [-0.05, 0) is 31.0 Å². The number of aliphatic hydroxyl groups excluding tert-OH is 1. The molecule has 0 aliphatic rings. The molecule has 0 spiro atoms. The van der Waals surface area contributed by atoms with Crippen molar-refractivity contribution in [1.29, 1.82) is 0 Å². The molecule has 5 heteroatoms. The summed E-state index contributed by atoms with van der Waals surface area (Å²) >= 11 is 0. The summed E-state index contributed by atoms with van der Waals surface area (Å²) in [4.78, 5) is 0. The van der Waals surface area contributed by atoms with Crippen LogP contribution in [0.3, 0.4) is 0 Å². The first-order valence-corrected chi connectivity index (χ1v) is 7.21. The fourth-order valence-corrected chi connectivity index (χ4v) is 2.30. The van der Waals surface area contributed by atoms with Gasteiger partial charge in [0.25, 0.3) is 0 Å². The standard InChI is InChI=1S/C16H22N2O3/c1-4-9-18-15(14(20-3)11-17-18)16(19)12-7-6-8-13(10-12)21-5-2/h6-8,10-11,16,19H,4-5,9H2,1-3H3. The number of hydrogen-bond donors (Lipinski definition) is 1. The van der Waals surface area contributed by atoms with Gasteiger partial charge in [0.2, 0.25) is 0 Å². The van der Waals surface area contributed by atoms with Crippen LogP contribution in [0.4, 0.5) is 0 Å². The van der Waals surface area contributed by atoms with Crippen LogP contribution in [0.25, 0.3) is 0 Å². The Hall–Kier alpha value is -2.01. The van der Waals surface area contributed by atoms with Crippen LogP contribution in [0.1, 0.15) is 37.6 Å². The van der Waals surface area contributed by atoms with Crippen LogP contribution < -0.4 is 9.47 Å². The Kier molecular flexibility index (Phi) is 5.22. The van der Waals surface area contributed by atoms with E-state index in [-0.39, 0.29) is 0 Å². The lowest BCUT2D eigenvalue weighted by Crippen LogP contribution is -2.11. The predicted octanol–water partition coefficient (Wildman–Crippen LogP) is 2.78. The van der Waals surface area contributed by atoms with Gasteiger partial charge in [-0.1, -0.05) is 19.1 Å². The van der Waals surface area contributed by atoms with Crippen LogP contribution in [-0.2, 0) is 6.54 Å². The molecular formula is C16H22N2O3. The lowest BCUT2D eigenvalue weighted by molar-refractivity contribution is 0.201. The molecule has 0 aliphatic heterocycles. The number of hydrogen-bond acceptors (Lipinski definition) is 4. The van der Waals surface area contributed by atoms with Gasteiger partial charge in [0.05, 0.1) is 19.9 Å². The van der Waals surface area contributed by atoms with Crippen molar-refractivity contribution < 1.29 is 14.6 Å². The van der Waals surface area contributed by atoms with Gasteiger partial charge in [-0.2, -0.15) is 5.10 Å². The summed E-state index contributed by atoms with van der Waals surface area (Å²) in [6.07, 6.45) is 1.78. The number of methoxy groups -OCH3 is 1. The van der Waals surface area contributed by atoms with Crippen LogP contribution in [0.15, 0.2) is 30.5 Å². The summed E-state index contributed by atoms with van der Waals surface area (Å²) in [5.74, 6) is 1.34. The van der Waals surface area contributed by atoms with Gasteiger partial charge in [0.15, 0.2) is 5.75 Å². The third-order valence-corrected chi connectivity index (χ3v) is 3.24. The SMILES string of the molecule is CCCn1ncc(OC)c1C(O)c1cccc(OCC)c1. The van der Waals surface area contributed by atoms with E-state index in [2.05, 4.69) is 12.0 Å². The van der Waals surface area contributed by atoms with Crippen molar-refractivity contribution in [3.05, 3.63) is 41.7 Å². The third-order valence-electron chi connectivity index (χ3n) is 3.24. The second-order valence-corrected chi connectivity index (χ2v) is 4.73. The minimum Gasteiger partial charge on any atom is -0.494 e. The van der Waals surface area contributed by atoms with Gasteiger partial charge < -0.3 is 14.6 Å². The molecule has 1 N–H and O–H groups in total. The number of aliphatic hydroxyl groups is 1. The van der Waals surface area contributed by atoms with Crippen molar-refractivity contribution in [3.63, 3.8) is 0 Å². The molecule has 0 fully saturated rings. The molecule has 1 unspecified atom stereocenters. The lowest BCUT2D eigenvalue weighted by Gasteiger charge is -2.16. The third kappa shape index (κ3) is 3.36. The summed E-state index contributed by atoms with van der Waals surface area (Å²) in [5, 5.41) is 15.0. The minimum atomic E-state index is -0.797. The van der Waals surface area contributed by atoms with Crippen LogP contribution in [0, 0.1) is 0 Å². The number of ether oxygens (including phenoxy) is 2. The smallest absolute Gasteiger partial charge is 0.163 e. The second-order valence-electron chi connectivity index (χ2n) is 4.73. The van der Waals surface area contributed by atoms with Crippen molar-refractivity contribution >= 4 is 0 Å². The first-order chi connectivity index (χ1) is 10.2. The predicted molar refractivity (Wildman–Crippen MR) is 80.7 cm³/mol. The highest BCUT2D eigenvalue weighted by Crippen LogP contribution is 2.31. The van der Waals surface area contributed by atoms with Crippen molar-refractivity contribution in [1.82, 2.24) is 9.78 Å². The maximum absolute atomic E-state index is 10.7. The van der Waals surface area contributed by atoms with Crippen LogP contribution >= 0.6 is 0 Å². The van der Waals surface area contributed by atoms with Crippen molar-refractivity contribution in [2.75, 3.05) is 13.7 Å². The number of aromatic nitrogens is 2. The van der Waals surface area contributed by atoms with E-state index in [4.69, 9.17) is 9.47 Å².